The van der Waals surface area contributed by atoms with Crippen LogP contribution in [0.5, 0.6) is 0 Å². The van der Waals surface area contributed by atoms with Gasteiger partial charge in [-0.2, -0.15) is 0 Å². The first-order valence-corrected chi connectivity index (χ1v) is 13.0. The molecule has 7 nitrogen and oxygen atoms in total. The average molecular weight is 527 g/mol. The van der Waals surface area contributed by atoms with E-state index >= 15 is 0 Å². The van der Waals surface area contributed by atoms with Gasteiger partial charge < -0.3 is 19.0 Å². The zero-order valence-corrected chi connectivity index (χ0v) is 21.1. The Morgan fingerprint density at radius 3 is 2.53 bits per heavy atom. The van der Waals surface area contributed by atoms with Crippen LogP contribution in [0.2, 0.25) is 5.02 Å². The standard InChI is InChI=1S/C30H23ClN2O5/c31-22-12-4-1-8-18(22)16-32-23-13-5-3-11-21(23)30(29(32)36)25-26(34)20-10-2-6-14-24(20)38-27(25)28(35)33(30)17-19-9-7-15-37-19/h1-6,8,10-14,19H,7,9,15-17H2. The van der Waals surface area contributed by atoms with E-state index in [-0.39, 0.29) is 41.9 Å². The van der Waals surface area contributed by atoms with Gasteiger partial charge in [0, 0.05) is 23.7 Å². The van der Waals surface area contributed by atoms with Crippen molar-refractivity contribution in [2.24, 2.45) is 0 Å². The smallest absolute Gasteiger partial charge is 0.291 e. The first kappa shape index (κ1) is 23.2. The zero-order valence-electron chi connectivity index (χ0n) is 20.4. The monoisotopic (exact) mass is 526 g/mol. The van der Waals surface area contributed by atoms with Crippen molar-refractivity contribution < 1.29 is 18.7 Å². The summed E-state index contributed by atoms with van der Waals surface area (Å²) < 4.78 is 12.0. The molecule has 4 aromatic rings. The molecule has 1 saturated heterocycles. The molecule has 4 heterocycles. The van der Waals surface area contributed by atoms with Gasteiger partial charge in [0.1, 0.15) is 5.58 Å². The second-order valence-electron chi connectivity index (χ2n) is 9.89. The van der Waals surface area contributed by atoms with Crippen molar-refractivity contribution in [3.63, 3.8) is 0 Å². The van der Waals surface area contributed by atoms with Crippen LogP contribution >= 0.6 is 11.6 Å². The molecule has 1 fully saturated rings. The van der Waals surface area contributed by atoms with Gasteiger partial charge in [-0.05, 0) is 42.7 Å². The van der Waals surface area contributed by atoms with Crippen LogP contribution in [-0.4, -0.2) is 36.0 Å². The number of carbonyl (C=O) groups is 2. The fourth-order valence-electron chi connectivity index (χ4n) is 6.13. The summed E-state index contributed by atoms with van der Waals surface area (Å²) in [6.45, 7) is 0.948. The first-order chi connectivity index (χ1) is 18.5. The predicted molar refractivity (Wildman–Crippen MR) is 142 cm³/mol. The quantitative estimate of drug-likeness (QED) is 0.379. The molecule has 8 heteroatoms. The summed E-state index contributed by atoms with van der Waals surface area (Å²) in [6.07, 6.45) is 1.39. The predicted octanol–water partition coefficient (Wildman–Crippen LogP) is 4.87. The maximum Gasteiger partial charge on any atom is 0.291 e. The molecule has 38 heavy (non-hydrogen) atoms. The third kappa shape index (κ3) is 3.09. The Morgan fingerprint density at radius 1 is 0.947 bits per heavy atom. The van der Waals surface area contributed by atoms with Gasteiger partial charge in [0.05, 0.1) is 29.3 Å². The van der Waals surface area contributed by atoms with Crippen molar-refractivity contribution in [1.29, 1.82) is 0 Å². The van der Waals surface area contributed by atoms with Crippen LogP contribution < -0.4 is 10.3 Å². The maximum absolute atomic E-state index is 14.8. The lowest BCUT2D eigenvalue weighted by atomic mass is 9.83. The van der Waals surface area contributed by atoms with Gasteiger partial charge in [-0.3, -0.25) is 14.4 Å². The number of ether oxygens (including phenoxy) is 1. The third-order valence-electron chi connectivity index (χ3n) is 7.84. The molecular formula is C30H23ClN2O5. The molecular weight excluding hydrogens is 504 g/mol. The Hall–Kier alpha value is -3.94. The van der Waals surface area contributed by atoms with Crippen LogP contribution in [0.15, 0.2) is 82.0 Å². The summed E-state index contributed by atoms with van der Waals surface area (Å²) in [5, 5.41) is 0.857. The Bertz CT molecular complexity index is 1690. The molecule has 3 aromatic carbocycles. The van der Waals surface area contributed by atoms with E-state index in [1.807, 2.05) is 42.5 Å². The summed E-state index contributed by atoms with van der Waals surface area (Å²) in [4.78, 5) is 46.1. The Labute approximate surface area is 223 Å². The minimum absolute atomic E-state index is 0.0679. The number of fused-ring (bicyclic) bond motifs is 5. The number of amides is 2. The van der Waals surface area contributed by atoms with E-state index in [9.17, 15) is 14.4 Å². The van der Waals surface area contributed by atoms with Crippen molar-refractivity contribution in [2.45, 2.75) is 31.0 Å². The van der Waals surface area contributed by atoms with Crippen molar-refractivity contribution >= 4 is 40.1 Å². The van der Waals surface area contributed by atoms with E-state index in [0.29, 0.717) is 33.8 Å². The van der Waals surface area contributed by atoms with Gasteiger partial charge in [0.15, 0.2) is 11.0 Å². The highest BCUT2D eigenvalue weighted by molar-refractivity contribution is 6.31. The lowest BCUT2D eigenvalue weighted by molar-refractivity contribution is -0.126. The summed E-state index contributed by atoms with van der Waals surface area (Å²) in [5.74, 6) is -0.957. The Morgan fingerprint density at radius 2 is 1.71 bits per heavy atom. The summed E-state index contributed by atoms with van der Waals surface area (Å²) >= 11 is 6.48. The number of hydrogen-bond donors (Lipinski definition) is 0. The fraction of sp³-hybridized carbons (Fsp3) is 0.233. The molecule has 0 radical (unpaired) electrons. The Balaban J connectivity index is 1.50. The van der Waals surface area contributed by atoms with Crippen molar-refractivity contribution in [2.75, 3.05) is 18.1 Å². The summed E-state index contributed by atoms with van der Waals surface area (Å²) in [7, 11) is 0. The second kappa shape index (κ2) is 8.55. The number of halogens is 1. The van der Waals surface area contributed by atoms with Gasteiger partial charge in [0.2, 0.25) is 5.76 Å². The first-order valence-electron chi connectivity index (χ1n) is 12.7. The molecule has 2 atom stereocenters. The molecule has 3 aliphatic rings. The molecule has 2 amide bonds. The van der Waals surface area contributed by atoms with E-state index in [1.54, 1.807) is 35.2 Å². The maximum atomic E-state index is 14.8. The molecule has 1 aromatic heterocycles. The fourth-order valence-corrected chi connectivity index (χ4v) is 6.33. The van der Waals surface area contributed by atoms with Gasteiger partial charge in [-0.25, -0.2) is 0 Å². The van der Waals surface area contributed by atoms with Gasteiger partial charge in [-0.15, -0.1) is 0 Å². The van der Waals surface area contributed by atoms with Gasteiger partial charge in [-0.1, -0.05) is 60.1 Å². The lowest BCUT2D eigenvalue weighted by Crippen LogP contribution is -2.55. The third-order valence-corrected chi connectivity index (χ3v) is 8.21. The minimum atomic E-state index is -1.67. The van der Waals surface area contributed by atoms with Crippen LogP contribution in [0, 0.1) is 0 Å². The molecule has 0 N–H and O–H groups in total. The molecule has 0 saturated carbocycles. The highest BCUT2D eigenvalue weighted by Gasteiger charge is 2.65. The van der Waals surface area contributed by atoms with Crippen LogP contribution in [0.25, 0.3) is 11.0 Å². The molecule has 0 aliphatic carbocycles. The van der Waals surface area contributed by atoms with Crippen molar-refractivity contribution in [3.8, 4) is 0 Å². The Kier molecular flexibility index (Phi) is 5.22. The molecule has 0 bridgehead atoms. The average Bonchev–Trinajstić information content (AvgIpc) is 3.60. The van der Waals surface area contributed by atoms with E-state index in [0.717, 1.165) is 18.4 Å². The number of para-hydroxylation sites is 2. The number of nitrogens with zero attached hydrogens (tertiary/aromatic N) is 2. The largest absolute Gasteiger partial charge is 0.450 e. The highest BCUT2D eigenvalue weighted by atomic mass is 35.5. The van der Waals surface area contributed by atoms with Gasteiger partial charge in [0.25, 0.3) is 11.8 Å². The SMILES string of the molecule is O=C1c2oc3ccccc3c(=O)c2C2(C(=O)N(Cc3ccccc3Cl)c3ccccc32)N1CC1CCCO1. The van der Waals surface area contributed by atoms with E-state index in [1.165, 1.54) is 4.90 Å². The van der Waals surface area contributed by atoms with Crippen molar-refractivity contribution in [3.05, 3.63) is 110 Å². The second-order valence-corrected chi connectivity index (χ2v) is 10.3. The number of carbonyl (C=O) groups excluding carboxylic acids is 2. The molecule has 190 valence electrons. The van der Waals surface area contributed by atoms with E-state index in [4.69, 9.17) is 20.8 Å². The summed E-state index contributed by atoms with van der Waals surface area (Å²) in [5.41, 5.74) is 0.292. The summed E-state index contributed by atoms with van der Waals surface area (Å²) in [6, 6.07) is 21.5. The lowest BCUT2D eigenvalue weighted by Gasteiger charge is -2.35. The number of rotatable bonds is 4. The van der Waals surface area contributed by atoms with E-state index < -0.39 is 11.4 Å². The molecule has 2 unspecified atom stereocenters. The minimum Gasteiger partial charge on any atom is -0.450 e. The zero-order chi connectivity index (χ0) is 26.0. The topological polar surface area (TPSA) is 80.1 Å². The number of hydrogen-bond acceptors (Lipinski definition) is 5. The molecule has 1 spiro atoms. The van der Waals surface area contributed by atoms with Crippen LogP contribution in [0.1, 0.15) is 40.1 Å². The van der Waals surface area contributed by atoms with Crippen LogP contribution in [-0.2, 0) is 21.6 Å². The number of benzene rings is 3. The van der Waals surface area contributed by atoms with Crippen LogP contribution in [0.4, 0.5) is 5.69 Å². The highest BCUT2D eigenvalue weighted by Crippen LogP contribution is 2.53. The molecule has 7 rings (SSSR count). The van der Waals surface area contributed by atoms with Crippen LogP contribution in [0.3, 0.4) is 0 Å². The molecule has 3 aliphatic heterocycles. The number of anilines is 1. The normalized spacial score (nSPS) is 22.1. The van der Waals surface area contributed by atoms with E-state index in [2.05, 4.69) is 0 Å². The van der Waals surface area contributed by atoms with Gasteiger partial charge >= 0.3 is 0 Å². The van der Waals surface area contributed by atoms with Crippen molar-refractivity contribution in [1.82, 2.24) is 4.90 Å².